The van der Waals surface area contributed by atoms with Gasteiger partial charge < -0.3 is 9.97 Å². The van der Waals surface area contributed by atoms with Crippen molar-refractivity contribution >= 4 is 60.8 Å². The summed E-state index contributed by atoms with van der Waals surface area (Å²) in [6.07, 6.45) is 1.72. The third-order valence-corrected chi connectivity index (χ3v) is 7.28. The highest BCUT2D eigenvalue weighted by molar-refractivity contribution is 9.10. The molecule has 0 saturated heterocycles. The Morgan fingerprint density at radius 1 is 0.769 bits per heavy atom. The molecule has 188 valence electrons. The lowest BCUT2D eigenvalue weighted by Gasteiger charge is -2.14. The molecule has 0 radical (unpaired) electrons. The molecule has 8 heteroatoms. The van der Waals surface area contributed by atoms with Crippen LogP contribution in [0.3, 0.4) is 0 Å². The normalized spacial score (nSPS) is 12.1. The van der Waals surface area contributed by atoms with Gasteiger partial charge in [0.25, 0.3) is 5.56 Å². The maximum atomic E-state index is 14.1. The fourth-order valence-electron chi connectivity index (χ4n) is 4.98. The molecule has 0 atom stereocenters. The molecule has 2 N–H and O–H groups in total. The van der Waals surface area contributed by atoms with Crippen LogP contribution in [0.15, 0.2) is 117 Å². The van der Waals surface area contributed by atoms with E-state index in [2.05, 4.69) is 25.9 Å². The second-order valence-electron chi connectivity index (χ2n) is 9.20. The molecule has 7 rings (SSSR count). The number of halogens is 1. The molecule has 0 fully saturated rings. The average molecular weight is 574 g/mol. The van der Waals surface area contributed by atoms with Gasteiger partial charge in [-0.3, -0.25) is 13.9 Å². The van der Waals surface area contributed by atoms with E-state index in [0.29, 0.717) is 39.2 Å². The predicted molar refractivity (Wildman–Crippen MR) is 160 cm³/mol. The van der Waals surface area contributed by atoms with Crippen molar-refractivity contribution in [2.45, 2.75) is 0 Å². The number of fused-ring (bicyclic) bond motifs is 3. The molecule has 7 nitrogen and oxygen atoms in total. The number of aromatic amines is 2. The molecule has 0 amide bonds. The summed E-state index contributed by atoms with van der Waals surface area (Å²) in [5, 5.41) is 0.990. The zero-order valence-corrected chi connectivity index (χ0v) is 22.0. The standard InChI is InChI=1S/C31H20BrN5O2/c32-21-10-7-9-20(16-21)28(37-27-15-6-4-13-24(27)35-31(37)39)18-36-26-14-5-3-12-23(26)34-29(30(36)38)25-17-19-8-1-2-11-22(19)33-25/h1-18,33H,(H,35,39)/b28-18+. The monoisotopic (exact) mass is 573 g/mol. The van der Waals surface area contributed by atoms with E-state index in [1.54, 1.807) is 15.3 Å². The van der Waals surface area contributed by atoms with Gasteiger partial charge in [-0.15, -0.1) is 0 Å². The van der Waals surface area contributed by atoms with Crippen molar-refractivity contribution < 1.29 is 0 Å². The minimum atomic E-state index is -0.305. The van der Waals surface area contributed by atoms with Crippen molar-refractivity contribution in [3.63, 3.8) is 0 Å². The van der Waals surface area contributed by atoms with E-state index < -0.39 is 0 Å². The first-order valence-corrected chi connectivity index (χ1v) is 13.1. The number of hydrogen-bond acceptors (Lipinski definition) is 3. The molecule has 0 aliphatic heterocycles. The second-order valence-corrected chi connectivity index (χ2v) is 10.1. The SMILES string of the molecule is O=c1c(-c2cc3ccccc3[nH]2)nc2ccccc2n1/C=C(\c1cccc(Br)c1)n1c(=O)[nH]c2ccccc21. The molecular formula is C31H20BrN5O2. The first-order chi connectivity index (χ1) is 19.1. The highest BCUT2D eigenvalue weighted by Crippen LogP contribution is 2.26. The molecule has 3 aromatic heterocycles. The lowest BCUT2D eigenvalue weighted by Crippen LogP contribution is -2.23. The van der Waals surface area contributed by atoms with Gasteiger partial charge in [-0.25, -0.2) is 9.78 Å². The molecule has 0 spiro atoms. The average Bonchev–Trinajstić information content (AvgIpc) is 3.53. The Labute approximate surface area is 229 Å². The van der Waals surface area contributed by atoms with E-state index in [4.69, 9.17) is 4.98 Å². The fraction of sp³-hybridized carbons (Fsp3) is 0. The number of benzene rings is 4. The number of aromatic nitrogens is 5. The quantitative estimate of drug-likeness (QED) is 0.253. The summed E-state index contributed by atoms with van der Waals surface area (Å²) in [7, 11) is 0. The minimum Gasteiger partial charge on any atom is -0.353 e. The first kappa shape index (κ1) is 23.2. The number of hydrogen-bond donors (Lipinski definition) is 2. The summed E-state index contributed by atoms with van der Waals surface area (Å²) in [4.78, 5) is 38.5. The topological polar surface area (TPSA) is 88.5 Å². The maximum absolute atomic E-state index is 14.1. The molecule has 4 aromatic carbocycles. The van der Waals surface area contributed by atoms with Crippen LogP contribution < -0.4 is 11.2 Å². The van der Waals surface area contributed by atoms with Crippen LogP contribution in [-0.2, 0) is 0 Å². The van der Waals surface area contributed by atoms with Gasteiger partial charge in [-0.05, 0) is 48.5 Å². The van der Waals surface area contributed by atoms with Crippen LogP contribution in [0.2, 0.25) is 0 Å². The van der Waals surface area contributed by atoms with E-state index in [0.717, 1.165) is 20.9 Å². The van der Waals surface area contributed by atoms with E-state index in [9.17, 15) is 9.59 Å². The summed E-state index contributed by atoms with van der Waals surface area (Å²) < 4.78 is 4.03. The van der Waals surface area contributed by atoms with Gasteiger partial charge in [-0.1, -0.05) is 70.5 Å². The summed E-state index contributed by atoms with van der Waals surface area (Å²) in [5.74, 6) is 0. The molecule has 39 heavy (non-hydrogen) atoms. The molecule has 7 aromatic rings. The third-order valence-electron chi connectivity index (χ3n) is 6.78. The van der Waals surface area contributed by atoms with Crippen molar-refractivity contribution in [1.29, 1.82) is 0 Å². The van der Waals surface area contributed by atoms with Crippen molar-refractivity contribution in [3.8, 4) is 11.4 Å². The van der Waals surface area contributed by atoms with Crippen LogP contribution >= 0.6 is 15.9 Å². The first-order valence-electron chi connectivity index (χ1n) is 12.3. The van der Waals surface area contributed by atoms with Crippen LogP contribution in [0.25, 0.3) is 56.3 Å². The van der Waals surface area contributed by atoms with Gasteiger partial charge in [0.05, 0.1) is 33.5 Å². The van der Waals surface area contributed by atoms with Crippen molar-refractivity contribution in [2.24, 2.45) is 0 Å². The molecule has 0 aliphatic carbocycles. The number of imidazole rings is 1. The fourth-order valence-corrected chi connectivity index (χ4v) is 5.38. The summed E-state index contributed by atoms with van der Waals surface area (Å²) >= 11 is 3.56. The Kier molecular flexibility index (Phi) is 5.42. The predicted octanol–water partition coefficient (Wildman–Crippen LogP) is 6.45. The van der Waals surface area contributed by atoms with E-state index in [-0.39, 0.29) is 11.2 Å². The number of nitrogens with one attached hydrogen (secondary N) is 2. The highest BCUT2D eigenvalue weighted by Gasteiger charge is 2.18. The minimum absolute atomic E-state index is 0.293. The van der Waals surface area contributed by atoms with Crippen molar-refractivity contribution in [2.75, 3.05) is 0 Å². The number of nitrogens with zero attached hydrogens (tertiary/aromatic N) is 3. The molecule has 3 heterocycles. The summed E-state index contributed by atoms with van der Waals surface area (Å²) in [6, 6.07) is 32.4. The number of para-hydroxylation sites is 5. The number of rotatable bonds is 4. The second kappa shape index (κ2) is 9.11. The summed E-state index contributed by atoms with van der Waals surface area (Å²) in [5.41, 5.74) is 5.23. The van der Waals surface area contributed by atoms with Gasteiger partial charge in [0, 0.05) is 27.1 Å². The Hall–Kier alpha value is -4.95. The zero-order chi connectivity index (χ0) is 26.5. The van der Waals surface area contributed by atoms with Crippen LogP contribution in [0.1, 0.15) is 5.56 Å². The summed E-state index contributed by atoms with van der Waals surface area (Å²) in [6.45, 7) is 0. The van der Waals surface area contributed by atoms with E-state index in [1.165, 1.54) is 0 Å². The highest BCUT2D eigenvalue weighted by atomic mass is 79.9. The van der Waals surface area contributed by atoms with Crippen LogP contribution in [0.5, 0.6) is 0 Å². The Bertz CT molecular complexity index is 2170. The van der Waals surface area contributed by atoms with Crippen LogP contribution in [0, 0.1) is 0 Å². The third kappa shape index (κ3) is 3.93. The smallest absolute Gasteiger partial charge is 0.331 e. The number of H-pyrrole nitrogens is 2. The van der Waals surface area contributed by atoms with Gasteiger partial charge in [0.15, 0.2) is 5.69 Å². The van der Waals surface area contributed by atoms with Crippen LogP contribution in [-0.4, -0.2) is 24.1 Å². The lowest BCUT2D eigenvalue weighted by molar-refractivity contribution is 1.02. The molecular weight excluding hydrogens is 554 g/mol. The van der Waals surface area contributed by atoms with Gasteiger partial charge in [0.1, 0.15) is 0 Å². The Morgan fingerprint density at radius 3 is 2.33 bits per heavy atom. The zero-order valence-electron chi connectivity index (χ0n) is 20.4. The molecule has 0 saturated carbocycles. The van der Waals surface area contributed by atoms with E-state index in [1.807, 2.05) is 103 Å². The van der Waals surface area contributed by atoms with Crippen LogP contribution in [0.4, 0.5) is 0 Å². The molecule has 0 bridgehead atoms. The van der Waals surface area contributed by atoms with E-state index >= 15 is 0 Å². The van der Waals surface area contributed by atoms with Gasteiger partial charge >= 0.3 is 5.69 Å². The van der Waals surface area contributed by atoms with Gasteiger partial charge in [-0.2, -0.15) is 0 Å². The maximum Gasteiger partial charge on any atom is 0.331 e. The van der Waals surface area contributed by atoms with Gasteiger partial charge in [0.2, 0.25) is 0 Å². The molecule has 0 unspecified atom stereocenters. The molecule has 0 aliphatic rings. The lowest BCUT2D eigenvalue weighted by atomic mass is 10.1. The van der Waals surface area contributed by atoms with Crippen molar-refractivity contribution in [3.05, 3.63) is 134 Å². The Balaban J connectivity index is 1.57. The Morgan fingerprint density at radius 2 is 1.51 bits per heavy atom. The van der Waals surface area contributed by atoms with Crippen molar-refractivity contribution in [1.82, 2.24) is 24.1 Å². The largest absolute Gasteiger partial charge is 0.353 e.